The summed E-state index contributed by atoms with van der Waals surface area (Å²) in [6.45, 7) is 3.02. The van der Waals surface area contributed by atoms with E-state index < -0.39 is 0 Å². The van der Waals surface area contributed by atoms with Crippen LogP contribution in [0.5, 0.6) is 17.2 Å². The Morgan fingerprint density at radius 3 is 2.31 bits per heavy atom. The number of methoxy groups -OCH3 is 3. The molecule has 3 rings (SSSR count). The zero-order valence-electron chi connectivity index (χ0n) is 17.1. The van der Waals surface area contributed by atoms with Crippen molar-refractivity contribution in [2.24, 2.45) is 5.73 Å². The Balaban J connectivity index is 2.29. The molecule has 29 heavy (non-hydrogen) atoms. The van der Waals surface area contributed by atoms with Gasteiger partial charge in [0.15, 0.2) is 17.3 Å². The highest BCUT2D eigenvalue weighted by molar-refractivity contribution is 7.19. The summed E-state index contributed by atoms with van der Waals surface area (Å²) < 4.78 is 16.3. The van der Waals surface area contributed by atoms with Gasteiger partial charge in [-0.15, -0.1) is 11.3 Å². The Bertz CT molecular complexity index is 1060. The predicted octanol–water partition coefficient (Wildman–Crippen LogP) is 2.96. The number of benzene rings is 1. The van der Waals surface area contributed by atoms with Crippen LogP contribution < -0.4 is 24.8 Å². The normalized spacial score (nSPS) is 10.7. The highest BCUT2D eigenvalue weighted by atomic mass is 32.1. The van der Waals surface area contributed by atoms with Crippen LogP contribution in [0.2, 0.25) is 0 Å². The molecule has 0 atom stereocenters. The number of aromatic nitrogens is 2. The van der Waals surface area contributed by atoms with Crippen LogP contribution in [0.15, 0.2) is 12.1 Å². The molecular formula is C20H23N5O3S. The first-order valence-electron chi connectivity index (χ1n) is 8.91. The van der Waals surface area contributed by atoms with Crippen LogP contribution in [0, 0.1) is 18.3 Å². The average Bonchev–Trinajstić information content (AvgIpc) is 3.07. The minimum atomic E-state index is 0.482. The van der Waals surface area contributed by atoms with E-state index >= 15 is 0 Å². The monoisotopic (exact) mass is 413 g/mol. The number of thiophene rings is 1. The molecule has 0 unspecified atom stereocenters. The van der Waals surface area contributed by atoms with Crippen molar-refractivity contribution in [1.29, 1.82) is 5.26 Å². The van der Waals surface area contributed by atoms with Gasteiger partial charge >= 0.3 is 0 Å². The lowest BCUT2D eigenvalue weighted by Crippen LogP contribution is -2.26. The van der Waals surface area contributed by atoms with E-state index in [1.54, 1.807) is 33.5 Å². The van der Waals surface area contributed by atoms with E-state index in [1.165, 1.54) is 11.3 Å². The van der Waals surface area contributed by atoms with Crippen LogP contribution in [0.3, 0.4) is 0 Å². The summed E-state index contributed by atoms with van der Waals surface area (Å²) in [4.78, 5) is 12.9. The summed E-state index contributed by atoms with van der Waals surface area (Å²) in [5.74, 6) is 2.77. The highest BCUT2D eigenvalue weighted by Gasteiger charge is 2.21. The molecule has 9 heteroatoms. The fraction of sp³-hybridized carbons (Fsp3) is 0.350. The molecule has 0 bridgehead atoms. The van der Waals surface area contributed by atoms with Crippen molar-refractivity contribution in [2.75, 3.05) is 46.4 Å². The summed E-state index contributed by atoms with van der Waals surface area (Å²) in [6, 6.07) is 5.86. The van der Waals surface area contributed by atoms with Gasteiger partial charge in [-0.1, -0.05) is 0 Å². The Labute approximate surface area is 173 Å². The summed E-state index contributed by atoms with van der Waals surface area (Å²) in [5, 5.41) is 10.3. The first kappa shape index (κ1) is 20.6. The van der Waals surface area contributed by atoms with Gasteiger partial charge in [0.25, 0.3) is 0 Å². The number of nitrogens with two attached hydrogens (primary N) is 1. The molecule has 2 N–H and O–H groups in total. The van der Waals surface area contributed by atoms with Crippen molar-refractivity contribution in [3.63, 3.8) is 0 Å². The quantitative estimate of drug-likeness (QED) is 0.630. The number of likely N-dealkylation sites (N-methyl/N-ethyl adjacent to an activating group) is 1. The van der Waals surface area contributed by atoms with Gasteiger partial charge in [-0.3, -0.25) is 0 Å². The van der Waals surface area contributed by atoms with E-state index in [9.17, 15) is 5.26 Å². The maximum atomic E-state index is 9.46. The number of nitrogens with zero attached hydrogens (tertiary/aromatic N) is 4. The topological polar surface area (TPSA) is 107 Å². The van der Waals surface area contributed by atoms with Gasteiger partial charge in [-0.2, -0.15) is 5.26 Å². The zero-order chi connectivity index (χ0) is 21.1. The number of aryl methyl sites for hydroxylation is 1. The smallest absolute Gasteiger partial charge is 0.203 e. The third-order valence-electron chi connectivity index (χ3n) is 4.62. The summed E-state index contributed by atoms with van der Waals surface area (Å²) in [6.07, 6.45) is 0. The fourth-order valence-corrected chi connectivity index (χ4v) is 4.11. The average molecular weight is 414 g/mol. The van der Waals surface area contributed by atoms with E-state index in [0.29, 0.717) is 46.6 Å². The van der Waals surface area contributed by atoms with E-state index in [-0.39, 0.29) is 0 Å². The Morgan fingerprint density at radius 1 is 1.14 bits per heavy atom. The number of hydrogen-bond donors (Lipinski definition) is 1. The molecule has 2 heterocycles. The van der Waals surface area contributed by atoms with Gasteiger partial charge in [-0.05, 0) is 24.6 Å². The second kappa shape index (κ2) is 8.51. The lowest BCUT2D eigenvalue weighted by molar-refractivity contribution is 0.324. The number of rotatable bonds is 7. The van der Waals surface area contributed by atoms with Crippen molar-refractivity contribution in [3.05, 3.63) is 22.6 Å². The second-order valence-corrected chi connectivity index (χ2v) is 7.34. The Kier molecular flexibility index (Phi) is 6.06. The van der Waals surface area contributed by atoms with Gasteiger partial charge < -0.3 is 24.8 Å². The Hall–Kier alpha value is -3.09. The minimum absolute atomic E-state index is 0.482. The third kappa shape index (κ3) is 3.64. The molecule has 0 fully saturated rings. The lowest BCUT2D eigenvalue weighted by atomic mass is 10.1. The molecule has 152 valence electrons. The molecule has 0 saturated heterocycles. The van der Waals surface area contributed by atoms with Crippen LogP contribution in [0.4, 0.5) is 5.82 Å². The van der Waals surface area contributed by atoms with E-state index in [1.807, 2.05) is 18.9 Å². The fourth-order valence-electron chi connectivity index (χ4n) is 3.14. The molecule has 0 spiro atoms. The molecule has 8 nitrogen and oxygen atoms in total. The van der Waals surface area contributed by atoms with Crippen molar-refractivity contribution in [3.8, 4) is 34.7 Å². The number of nitriles is 1. The van der Waals surface area contributed by atoms with E-state index in [2.05, 4.69) is 6.07 Å². The second-order valence-electron chi connectivity index (χ2n) is 6.34. The lowest BCUT2D eigenvalue weighted by Gasteiger charge is -2.19. The SMILES string of the molecule is COc1cc(-c2nc(N(C)CCN)c3c(C)c(C#N)sc3n2)cc(OC)c1OC. The molecule has 0 aliphatic heterocycles. The summed E-state index contributed by atoms with van der Waals surface area (Å²) in [7, 11) is 6.61. The molecule has 0 aliphatic rings. The largest absolute Gasteiger partial charge is 0.493 e. The predicted molar refractivity (Wildman–Crippen MR) is 114 cm³/mol. The summed E-state index contributed by atoms with van der Waals surface area (Å²) in [5.41, 5.74) is 7.35. The molecule has 0 radical (unpaired) electrons. The van der Waals surface area contributed by atoms with Crippen LogP contribution in [-0.4, -0.2) is 51.4 Å². The number of hydrogen-bond acceptors (Lipinski definition) is 9. The van der Waals surface area contributed by atoms with Crippen LogP contribution >= 0.6 is 11.3 Å². The summed E-state index contributed by atoms with van der Waals surface area (Å²) >= 11 is 1.35. The van der Waals surface area contributed by atoms with E-state index in [4.69, 9.17) is 29.9 Å². The van der Waals surface area contributed by atoms with E-state index in [0.717, 1.165) is 21.6 Å². The first-order chi connectivity index (χ1) is 14.0. The van der Waals surface area contributed by atoms with Crippen molar-refractivity contribution in [2.45, 2.75) is 6.92 Å². The molecule has 1 aromatic carbocycles. The van der Waals surface area contributed by atoms with Crippen molar-refractivity contribution in [1.82, 2.24) is 9.97 Å². The van der Waals surface area contributed by atoms with Gasteiger partial charge in [0, 0.05) is 25.7 Å². The van der Waals surface area contributed by atoms with Gasteiger partial charge in [0.2, 0.25) is 5.75 Å². The molecular weight excluding hydrogens is 390 g/mol. The van der Waals surface area contributed by atoms with Gasteiger partial charge in [0.1, 0.15) is 21.6 Å². The number of ether oxygens (including phenoxy) is 3. The maximum Gasteiger partial charge on any atom is 0.203 e. The van der Waals surface area contributed by atoms with Crippen molar-refractivity contribution < 1.29 is 14.2 Å². The number of fused-ring (bicyclic) bond motifs is 1. The molecule has 0 saturated carbocycles. The maximum absolute atomic E-state index is 9.46. The Morgan fingerprint density at radius 2 is 1.79 bits per heavy atom. The van der Waals surface area contributed by atoms with Crippen LogP contribution in [0.1, 0.15) is 10.4 Å². The highest BCUT2D eigenvalue weighted by Crippen LogP contribution is 2.42. The minimum Gasteiger partial charge on any atom is -0.493 e. The number of anilines is 1. The standard InChI is InChI=1S/C20H23N5O3S/c1-11-15(10-22)29-20-16(11)19(25(2)7-6-21)23-18(24-20)12-8-13(26-3)17(28-5)14(9-12)27-4/h8-9H,6-7,21H2,1-5H3. The third-order valence-corrected chi connectivity index (χ3v) is 5.71. The molecule has 0 aliphatic carbocycles. The van der Waals surface area contributed by atoms with Crippen molar-refractivity contribution >= 4 is 27.4 Å². The first-order valence-corrected chi connectivity index (χ1v) is 9.73. The molecule has 0 amide bonds. The van der Waals surface area contributed by atoms with Crippen LogP contribution in [0.25, 0.3) is 21.6 Å². The molecule has 3 aromatic rings. The molecule has 2 aromatic heterocycles. The van der Waals surface area contributed by atoms with Crippen LogP contribution in [-0.2, 0) is 0 Å². The zero-order valence-corrected chi connectivity index (χ0v) is 17.9. The van der Waals surface area contributed by atoms with Gasteiger partial charge in [-0.25, -0.2) is 9.97 Å². The van der Waals surface area contributed by atoms with Gasteiger partial charge in [0.05, 0.1) is 26.7 Å².